The van der Waals surface area contributed by atoms with Gasteiger partial charge in [-0.3, -0.25) is 9.59 Å². The standard InChI is InChI=1S/C43H30N2O.C19H10Br2O.C13H12/c46-43-41-29-35(44(31-15-5-1-6-16-31)32-17-7-2-8-18-32)25-27-39(41)37-23-13-14-24-38(37)40-28-26-36(30-42(40)43)45(33-19-9-3-10-20-33)34-21-11-4-12-22-34;20-11-5-7-15-13-3-1-2-4-14(13)16-8-6-12(21)10-18(16)19(22)17(15)9-11;1-3-7-12(8-4-1)11-13-9-5-2-6-10-13/h1-30H;1-10H;1-10H,11H2. The van der Waals surface area contributed by atoms with Crippen LogP contribution in [0.2, 0.25) is 0 Å². The minimum absolute atomic E-state index is 0.00652. The quantitative estimate of drug-likeness (QED) is 0.152. The number of benzene rings is 12. The molecule has 0 aliphatic carbocycles. The minimum atomic E-state index is 0.00652. The van der Waals surface area contributed by atoms with Crippen LogP contribution in [0.3, 0.4) is 0 Å². The highest BCUT2D eigenvalue weighted by molar-refractivity contribution is 9.10. The summed E-state index contributed by atoms with van der Waals surface area (Å²) in [6.45, 7) is 0. The highest BCUT2D eigenvalue weighted by atomic mass is 79.9. The normalized spacial score (nSPS) is 11.0. The average molecular weight is 1170 g/mol. The smallest absolute Gasteiger partial charge is 0.194 e. The zero-order valence-corrected chi connectivity index (χ0v) is 47.2. The molecule has 0 aromatic heterocycles. The second-order valence-corrected chi connectivity index (χ2v) is 21.6. The van der Waals surface area contributed by atoms with Crippen LogP contribution in [0.4, 0.5) is 34.1 Å². The Hall–Kier alpha value is -9.46. The highest BCUT2D eigenvalue weighted by Crippen LogP contribution is 2.40. The third-order valence-corrected chi connectivity index (χ3v) is 15.6. The Morgan fingerprint density at radius 2 is 0.457 bits per heavy atom. The second-order valence-electron chi connectivity index (χ2n) is 19.7. The molecule has 14 aromatic rings. The van der Waals surface area contributed by atoms with Crippen LogP contribution in [0, 0.1) is 0 Å². The lowest BCUT2D eigenvalue weighted by Gasteiger charge is -2.25. The Balaban J connectivity index is 0.000000152. The zero-order chi connectivity index (χ0) is 55.1. The number of nitrogens with zero attached hydrogens (tertiary/aromatic N) is 2. The highest BCUT2D eigenvalue weighted by Gasteiger charge is 2.18. The number of hydrogen-bond donors (Lipinski definition) is 0. The number of hydrogen-bond acceptors (Lipinski definition) is 4. The maximum Gasteiger partial charge on any atom is 0.194 e. The first-order chi connectivity index (χ1) is 39.9. The van der Waals surface area contributed by atoms with Crippen LogP contribution in [-0.4, -0.2) is 0 Å². The fourth-order valence-electron chi connectivity index (χ4n) is 10.9. The third-order valence-electron chi connectivity index (χ3n) is 14.6. The van der Waals surface area contributed by atoms with Gasteiger partial charge in [-0.1, -0.05) is 238 Å². The monoisotopic (exact) mass is 1170 g/mol. The first-order valence-electron chi connectivity index (χ1n) is 26.9. The summed E-state index contributed by atoms with van der Waals surface area (Å²) in [6, 6.07) is 103. The van der Waals surface area contributed by atoms with E-state index in [1.165, 1.54) is 11.1 Å². The summed E-state index contributed by atoms with van der Waals surface area (Å²) in [6.07, 6.45) is 1.03. The van der Waals surface area contributed by atoms with E-state index >= 15 is 0 Å². The third kappa shape index (κ3) is 11.1. The lowest BCUT2D eigenvalue weighted by molar-refractivity contribution is 1.19. The lowest BCUT2D eigenvalue weighted by Crippen LogP contribution is -2.11. The lowest BCUT2D eigenvalue weighted by atomic mass is 10.0. The molecule has 0 bridgehead atoms. The molecule has 0 amide bonds. The summed E-state index contributed by atoms with van der Waals surface area (Å²) in [5, 5.41) is 11.0. The molecule has 0 unspecified atom stereocenters. The Morgan fingerprint density at radius 1 is 0.222 bits per heavy atom. The van der Waals surface area contributed by atoms with Gasteiger partial charge in [0.05, 0.1) is 0 Å². The second kappa shape index (κ2) is 23.9. The minimum Gasteiger partial charge on any atom is -0.310 e. The molecule has 388 valence electrons. The van der Waals surface area contributed by atoms with Crippen LogP contribution in [0.15, 0.2) is 322 Å². The average Bonchev–Trinajstić information content (AvgIpc) is 3.99. The molecule has 0 atom stereocenters. The molecule has 0 aliphatic heterocycles. The molecule has 0 spiro atoms. The van der Waals surface area contributed by atoms with Crippen molar-refractivity contribution in [2.75, 3.05) is 9.80 Å². The Bertz CT molecular complexity index is 4300. The zero-order valence-electron chi connectivity index (χ0n) is 44.0. The van der Waals surface area contributed by atoms with Crippen LogP contribution in [0.5, 0.6) is 0 Å². The predicted molar refractivity (Wildman–Crippen MR) is 351 cm³/mol. The van der Waals surface area contributed by atoms with Crippen molar-refractivity contribution in [2.24, 2.45) is 0 Å². The van der Waals surface area contributed by atoms with E-state index in [9.17, 15) is 9.59 Å². The Morgan fingerprint density at radius 3 is 0.753 bits per heavy atom. The van der Waals surface area contributed by atoms with Crippen molar-refractivity contribution in [3.05, 3.63) is 344 Å². The topological polar surface area (TPSA) is 40.6 Å². The SMILES string of the molecule is O=c1c2cc(Br)ccc2c2ccccc2c2ccc(Br)cc12.O=c1c2cc(N(c3ccccc3)c3ccccc3)ccc2c2ccccc2c2ccc(N(c3ccccc3)c3ccccc3)cc12.c1ccc(Cc2ccccc2)cc1. The van der Waals surface area contributed by atoms with Gasteiger partial charge in [-0.05, 0) is 158 Å². The summed E-state index contributed by atoms with van der Waals surface area (Å²) in [7, 11) is 0. The summed E-state index contributed by atoms with van der Waals surface area (Å²) in [5.41, 5.74) is 8.77. The first kappa shape index (κ1) is 52.3. The van der Waals surface area contributed by atoms with E-state index in [4.69, 9.17) is 0 Å². The van der Waals surface area contributed by atoms with E-state index in [2.05, 4.69) is 212 Å². The molecule has 81 heavy (non-hydrogen) atoms. The molecule has 0 radical (unpaired) electrons. The van der Waals surface area contributed by atoms with Crippen molar-refractivity contribution < 1.29 is 0 Å². The van der Waals surface area contributed by atoms with Crippen molar-refractivity contribution in [3.63, 3.8) is 0 Å². The molecule has 0 heterocycles. The van der Waals surface area contributed by atoms with Crippen molar-refractivity contribution in [2.45, 2.75) is 6.42 Å². The van der Waals surface area contributed by atoms with Gasteiger partial charge in [0.1, 0.15) is 0 Å². The Kier molecular flexibility index (Phi) is 15.4. The van der Waals surface area contributed by atoms with Gasteiger partial charge in [0, 0.05) is 64.6 Å². The van der Waals surface area contributed by atoms with Gasteiger partial charge in [0.25, 0.3) is 0 Å². The molecule has 0 N–H and O–H groups in total. The maximum atomic E-state index is 14.9. The molecule has 0 fully saturated rings. The van der Waals surface area contributed by atoms with E-state index in [0.717, 1.165) is 103 Å². The summed E-state index contributed by atoms with van der Waals surface area (Å²) >= 11 is 6.95. The van der Waals surface area contributed by atoms with Gasteiger partial charge in [-0.2, -0.15) is 0 Å². The van der Waals surface area contributed by atoms with Crippen LogP contribution >= 0.6 is 31.9 Å². The van der Waals surface area contributed by atoms with Crippen LogP contribution in [0.25, 0.3) is 64.6 Å². The van der Waals surface area contributed by atoms with Gasteiger partial charge in [0.15, 0.2) is 10.9 Å². The molecule has 0 aliphatic rings. The van der Waals surface area contributed by atoms with Gasteiger partial charge in [0.2, 0.25) is 0 Å². The molecule has 14 rings (SSSR count). The molecular weight excluding hydrogens is 1120 g/mol. The first-order valence-corrected chi connectivity index (χ1v) is 28.5. The van der Waals surface area contributed by atoms with Gasteiger partial charge in [-0.15, -0.1) is 0 Å². The molecule has 4 nitrogen and oxygen atoms in total. The number of halogens is 2. The molecule has 0 saturated carbocycles. The largest absolute Gasteiger partial charge is 0.310 e. The summed E-state index contributed by atoms with van der Waals surface area (Å²) in [5.74, 6) is 0. The molecule has 6 heteroatoms. The predicted octanol–water partition coefficient (Wildman–Crippen LogP) is 20.8. The maximum absolute atomic E-state index is 14.9. The number of fused-ring (bicyclic) bond motifs is 10. The van der Waals surface area contributed by atoms with E-state index in [-0.39, 0.29) is 10.9 Å². The van der Waals surface area contributed by atoms with Crippen molar-refractivity contribution in [1.29, 1.82) is 0 Å². The Labute approximate surface area is 487 Å². The van der Waals surface area contributed by atoms with Crippen LogP contribution in [0.1, 0.15) is 11.1 Å². The molecule has 14 aromatic carbocycles. The van der Waals surface area contributed by atoms with Crippen LogP contribution in [-0.2, 0) is 6.42 Å². The fraction of sp³-hybridized carbons (Fsp3) is 0.0133. The molecule has 0 saturated heterocycles. The van der Waals surface area contributed by atoms with Gasteiger partial charge < -0.3 is 9.80 Å². The van der Waals surface area contributed by atoms with E-state index < -0.39 is 0 Å². The summed E-state index contributed by atoms with van der Waals surface area (Å²) in [4.78, 5) is 32.3. The number of anilines is 6. The van der Waals surface area contributed by atoms with Crippen molar-refractivity contribution in [1.82, 2.24) is 0 Å². The van der Waals surface area contributed by atoms with Crippen molar-refractivity contribution >= 4 is 131 Å². The number of para-hydroxylation sites is 4. The van der Waals surface area contributed by atoms with Crippen LogP contribution < -0.4 is 20.7 Å². The van der Waals surface area contributed by atoms with Crippen molar-refractivity contribution in [3.8, 4) is 0 Å². The van der Waals surface area contributed by atoms with Gasteiger partial charge >= 0.3 is 0 Å². The number of rotatable bonds is 8. The summed E-state index contributed by atoms with van der Waals surface area (Å²) < 4.78 is 1.83. The fourth-order valence-corrected chi connectivity index (χ4v) is 11.6. The molecular formula is C75H52Br2N2O2. The van der Waals surface area contributed by atoms with E-state index in [1.54, 1.807) is 0 Å². The van der Waals surface area contributed by atoms with Gasteiger partial charge in [-0.25, -0.2) is 0 Å². The van der Waals surface area contributed by atoms with E-state index in [1.807, 2.05) is 133 Å². The van der Waals surface area contributed by atoms with E-state index in [0.29, 0.717) is 10.8 Å².